The lowest BCUT2D eigenvalue weighted by Gasteiger charge is -2.06. The molecule has 0 fully saturated rings. The number of carbonyl (C=O) groups excluding carboxylic acids is 1. The highest BCUT2D eigenvalue weighted by Crippen LogP contribution is 2.15. The zero-order valence-electron chi connectivity index (χ0n) is 14.0. The van der Waals surface area contributed by atoms with Crippen molar-refractivity contribution in [1.82, 2.24) is 0 Å². The Morgan fingerprint density at radius 3 is 2.64 bits per heavy atom. The molecule has 0 heterocycles. The number of benzene rings is 2. The number of hydrogen-bond acceptors (Lipinski definition) is 5. The lowest BCUT2D eigenvalue weighted by Crippen LogP contribution is -2.07. The quantitative estimate of drug-likeness (QED) is 0.218. The summed E-state index contributed by atoms with van der Waals surface area (Å²) >= 11 is 0. The molecule has 0 aliphatic rings. The second kappa shape index (κ2) is 10.6. The number of rotatable bonds is 10. The van der Waals surface area contributed by atoms with E-state index in [1.54, 1.807) is 12.3 Å². The largest absolute Gasteiger partial charge is 0.489 e. The topological polar surface area (TPSA) is 57.1 Å². The normalized spacial score (nSPS) is 10.4. The number of carbonyl (C=O) groups is 1. The Kier molecular flexibility index (Phi) is 7.78. The Hall–Kier alpha value is -3.08. The van der Waals surface area contributed by atoms with Crippen molar-refractivity contribution in [2.24, 2.45) is 5.16 Å². The Balaban J connectivity index is 1.69. The minimum Gasteiger partial charge on any atom is -0.489 e. The van der Waals surface area contributed by atoms with E-state index < -0.39 is 0 Å². The van der Waals surface area contributed by atoms with Gasteiger partial charge in [0.15, 0.2) is 0 Å². The molecule has 2 aromatic rings. The Labute approximate surface area is 147 Å². The molecule has 0 aliphatic carbocycles. The van der Waals surface area contributed by atoms with Crippen LogP contribution in [0, 0.1) is 0 Å². The highest BCUT2D eigenvalue weighted by atomic mass is 16.6. The van der Waals surface area contributed by atoms with E-state index in [4.69, 9.17) is 14.3 Å². The third-order valence-corrected chi connectivity index (χ3v) is 3.18. The predicted molar refractivity (Wildman–Crippen MR) is 96.5 cm³/mol. The van der Waals surface area contributed by atoms with Gasteiger partial charge in [0.2, 0.25) is 0 Å². The van der Waals surface area contributed by atoms with Gasteiger partial charge in [-0.25, -0.2) is 0 Å². The SMILES string of the molecule is C=CCOc1ccccc1/C=N/OCCC(=O)OCc1ccccc1. The molecule has 2 aromatic carbocycles. The summed E-state index contributed by atoms with van der Waals surface area (Å²) in [6.45, 7) is 4.44. The summed E-state index contributed by atoms with van der Waals surface area (Å²) in [5.41, 5.74) is 1.74. The van der Waals surface area contributed by atoms with E-state index >= 15 is 0 Å². The smallest absolute Gasteiger partial charge is 0.309 e. The summed E-state index contributed by atoms with van der Waals surface area (Å²) in [6.07, 6.45) is 3.36. The standard InChI is InChI=1S/C20H21NO4/c1-2-13-23-19-11-7-6-10-18(19)15-21-25-14-12-20(22)24-16-17-8-4-3-5-9-17/h2-11,15H,1,12-14,16H2/b21-15+. The minimum atomic E-state index is -0.325. The van der Waals surface area contributed by atoms with Crippen molar-refractivity contribution in [3.63, 3.8) is 0 Å². The minimum absolute atomic E-state index is 0.138. The monoisotopic (exact) mass is 339 g/mol. The number of oxime groups is 1. The van der Waals surface area contributed by atoms with Crippen molar-refractivity contribution in [3.05, 3.63) is 78.4 Å². The molecule has 0 aliphatic heterocycles. The first kappa shape index (κ1) is 18.3. The van der Waals surface area contributed by atoms with Crippen LogP contribution in [0.1, 0.15) is 17.5 Å². The fraction of sp³-hybridized carbons (Fsp3) is 0.200. The molecule has 0 saturated carbocycles. The molecule has 0 amide bonds. The van der Waals surface area contributed by atoms with E-state index in [1.165, 1.54) is 0 Å². The molecule has 5 nitrogen and oxygen atoms in total. The first-order valence-corrected chi connectivity index (χ1v) is 7.97. The van der Waals surface area contributed by atoms with Gasteiger partial charge >= 0.3 is 5.97 Å². The summed E-state index contributed by atoms with van der Waals surface area (Å²) in [4.78, 5) is 16.8. The Morgan fingerprint density at radius 1 is 1.08 bits per heavy atom. The number of para-hydroxylation sites is 1. The van der Waals surface area contributed by atoms with Crippen molar-refractivity contribution in [3.8, 4) is 5.75 Å². The van der Waals surface area contributed by atoms with Crippen LogP contribution in [0.25, 0.3) is 0 Å². The fourth-order valence-corrected chi connectivity index (χ4v) is 1.95. The molecule has 0 atom stereocenters. The second-order valence-corrected chi connectivity index (χ2v) is 5.10. The van der Waals surface area contributed by atoms with Crippen molar-refractivity contribution >= 4 is 12.2 Å². The zero-order valence-corrected chi connectivity index (χ0v) is 14.0. The average molecular weight is 339 g/mol. The van der Waals surface area contributed by atoms with Gasteiger partial charge in [-0.05, 0) is 17.7 Å². The van der Waals surface area contributed by atoms with E-state index in [2.05, 4.69) is 11.7 Å². The second-order valence-electron chi connectivity index (χ2n) is 5.10. The Morgan fingerprint density at radius 2 is 1.84 bits per heavy atom. The van der Waals surface area contributed by atoms with E-state index in [9.17, 15) is 4.79 Å². The molecule has 0 aromatic heterocycles. The molecule has 2 rings (SSSR count). The van der Waals surface area contributed by atoms with Gasteiger partial charge < -0.3 is 14.3 Å². The van der Waals surface area contributed by atoms with Crippen LogP contribution in [0.4, 0.5) is 0 Å². The van der Waals surface area contributed by atoms with Crippen LogP contribution in [0.5, 0.6) is 5.75 Å². The van der Waals surface area contributed by atoms with Crippen LogP contribution in [0.2, 0.25) is 0 Å². The lowest BCUT2D eigenvalue weighted by molar-refractivity contribution is -0.146. The highest BCUT2D eigenvalue weighted by molar-refractivity contribution is 5.83. The molecule has 0 spiro atoms. The van der Waals surface area contributed by atoms with Gasteiger partial charge in [0, 0.05) is 5.56 Å². The van der Waals surface area contributed by atoms with Gasteiger partial charge in [-0.1, -0.05) is 60.3 Å². The molecule has 0 unspecified atom stereocenters. The summed E-state index contributed by atoms with van der Waals surface area (Å²) in [5.74, 6) is 0.366. The molecule has 5 heteroatoms. The summed E-state index contributed by atoms with van der Waals surface area (Å²) < 4.78 is 10.7. The third kappa shape index (κ3) is 6.91. The third-order valence-electron chi connectivity index (χ3n) is 3.18. The van der Waals surface area contributed by atoms with Gasteiger partial charge in [-0.2, -0.15) is 0 Å². The molecule has 25 heavy (non-hydrogen) atoms. The maximum atomic E-state index is 11.6. The van der Waals surface area contributed by atoms with Crippen molar-refractivity contribution in [2.45, 2.75) is 13.0 Å². The number of ether oxygens (including phenoxy) is 2. The van der Waals surface area contributed by atoms with Gasteiger partial charge in [0.05, 0.1) is 12.6 Å². The van der Waals surface area contributed by atoms with Crippen molar-refractivity contribution in [2.75, 3.05) is 13.2 Å². The summed E-state index contributed by atoms with van der Waals surface area (Å²) in [7, 11) is 0. The zero-order chi connectivity index (χ0) is 17.7. The van der Waals surface area contributed by atoms with E-state index in [0.717, 1.165) is 11.1 Å². The molecule has 130 valence electrons. The molecule has 0 saturated heterocycles. The van der Waals surface area contributed by atoms with Crippen LogP contribution < -0.4 is 4.74 Å². The number of esters is 1. The first-order chi connectivity index (χ1) is 12.3. The maximum Gasteiger partial charge on any atom is 0.309 e. The van der Waals surface area contributed by atoms with Crippen LogP contribution in [-0.2, 0) is 21.0 Å². The first-order valence-electron chi connectivity index (χ1n) is 7.97. The molecular weight excluding hydrogens is 318 g/mol. The van der Waals surface area contributed by atoms with E-state index in [1.807, 2.05) is 54.6 Å². The molecular formula is C20H21NO4. The number of hydrogen-bond donors (Lipinski definition) is 0. The van der Waals surface area contributed by atoms with Gasteiger partial charge in [0.25, 0.3) is 0 Å². The van der Waals surface area contributed by atoms with Crippen molar-refractivity contribution in [1.29, 1.82) is 0 Å². The molecule has 0 radical (unpaired) electrons. The maximum absolute atomic E-state index is 11.6. The van der Waals surface area contributed by atoms with Crippen LogP contribution in [-0.4, -0.2) is 25.4 Å². The van der Waals surface area contributed by atoms with Gasteiger partial charge in [0.1, 0.15) is 25.6 Å². The fourth-order valence-electron chi connectivity index (χ4n) is 1.95. The van der Waals surface area contributed by atoms with Crippen molar-refractivity contribution < 1.29 is 19.1 Å². The van der Waals surface area contributed by atoms with E-state index in [-0.39, 0.29) is 25.6 Å². The van der Waals surface area contributed by atoms with Crippen LogP contribution in [0.15, 0.2) is 72.4 Å². The highest BCUT2D eigenvalue weighted by Gasteiger charge is 2.04. The van der Waals surface area contributed by atoms with Gasteiger partial charge in [-0.3, -0.25) is 4.79 Å². The van der Waals surface area contributed by atoms with Crippen LogP contribution >= 0.6 is 0 Å². The lowest BCUT2D eigenvalue weighted by atomic mass is 10.2. The number of nitrogens with zero attached hydrogens (tertiary/aromatic N) is 1. The predicted octanol–water partition coefficient (Wildman–Crippen LogP) is 3.74. The summed E-state index contributed by atoms with van der Waals surface area (Å²) in [5, 5.41) is 3.86. The van der Waals surface area contributed by atoms with E-state index in [0.29, 0.717) is 12.4 Å². The molecule has 0 bridgehead atoms. The summed E-state index contributed by atoms with van der Waals surface area (Å²) in [6, 6.07) is 17.0. The van der Waals surface area contributed by atoms with Gasteiger partial charge in [-0.15, -0.1) is 0 Å². The average Bonchev–Trinajstić information content (AvgIpc) is 2.66. The molecule has 0 N–H and O–H groups in total. The Bertz CT molecular complexity index is 698. The van der Waals surface area contributed by atoms with Crippen LogP contribution in [0.3, 0.4) is 0 Å².